The van der Waals surface area contributed by atoms with Gasteiger partial charge in [-0.05, 0) is 45.6 Å². The molecule has 9 heteroatoms. The third-order valence-corrected chi connectivity index (χ3v) is 8.40. The topological polar surface area (TPSA) is 86.1 Å². The fourth-order valence-corrected chi connectivity index (χ4v) is 6.34. The smallest absolute Gasteiger partial charge is 0.410 e. The van der Waals surface area contributed by atoms with Crippen molar-refractivity contribution in [2.75, 3.05) is 40.0 Å². The SMILES string of the molecule is COCCO[C@H]1CCCC[C@@H]1n1cnc(C(=O)N2CCN(C(=O)OC(C)(C)C)C[C@H]2Cc2ccccc2)c1-c1ccccc1. The molecule has 0 spiro atoms. The van der Waals surface area contributed by atoms with E-state index in [1.807, 2.05) is 80.5 Å². The number of nitrogens with zero attached hydrogens (tertiary/aromatic N) is 4. The molecule has 2 amide bonds. The van der Waals surface area contributed by atoms with Crippen LogP contribution in [0.2, 0.25) is 0 Å². The van der Waals surface area contributed by atoms with Gasteiger partial charge in [-0.2, -0.15) is 0 Å². The van der Waals surface area contributed by atoms with Crippen molar-refractivity contribution in [1.82, 2.24) is 19.4 Å². The van der Waals surface area contributed by atoms with Crippen LogP contribution in [0.5, 0.6) is 0 Å². The number of ether oxygens (including phenoxy) is 3. The first-order valence-corrected chi connectivity index (χ1v) is 15.8. The van der Waals surface area contributed by atoms with Gasteiger partial charge < -0.3 is 28.6 Å². The standard InChI is InChI=1S/C35H46N4O5/c1-35(2,3)44-34(41)37-19-20-38(28(24-37)23-26-13-7-5-8-14-26)33(40)31-32(27-15-9-6-10-16-27)39(25-36-31)29-17-11-12-18-30(29)43-22-21-42-4/h5-10,13-16,25,28-30H,11-12,17-24H2,1-4H3/t28-,29+,30+/m1/s1. The molecule has 0 unspecified atom stereocenters. The minimum Gasteiger partial charge on any atom is -0.444 e. The highest BCUT2D eigenvalue weighted by Gasteiger charge is 2.38. The van der Waals surface area contributed by atoms with Gasteiger partial charge >= 0.3 is 6.09 Å². The second-order valence-corrected chi connectivity index (χ2v) is 12.7. The second kappa shape index (κ2) is 14.4. The second-order valence-electron chi connectivity index (χ2n) is 12.7. The van der Waals surface area contributed by atoms with E-state index >= 15 is 0 Å². The van der Waals surface area contributed by atoms with Crippen LogP contribution in [0, 0.1) is 0 Å². The van der Waals surface area contributed by atoms with E-state index in [1.165, 1.54) is 0 Å². The number of imidazole rings is 1. The average Bonchev–Trinajstić information content (AvgIpc) is 3.46. The number of hydrogen-bond donors (Lipinski definition) is 0. The van der Waals surface area contributed by atoms with E-state index in [0.717, 1.165) is 42.5 Å². The molecule has 2 aromatic carbocycles. The number of hydrogen-bond acceptors (Lipinski definition) is 6. The average molecular weight is 603 g/mol. The summed E-state index contributed by atoms with van der Waals surface area (Å²) < 4.78 is 19.4. The number of benzene rings is 2. The Morgan fingerprint density at radius 2 is 1.64 bits per heavy atom. The lowest BCUT2D eigenvalue weighted by Gasteiger charge is -2.41. The molecule has 0 radical (unpaired) electrons. The van der Waals surface area contributed by atoms with E-state index in [2.05, 4.69) is 16.7 Å². The first-order chi connectivity index (χ1) is 21.2. The molecule has 3 aromatic rings. The van der Waals surface area contributed by atoms with Crippen molar-refractivity contribution in [2.24, 2.45) is 0 Å². The predicted octanol–water partition coefficient (Wildman–Crippen LogP) is 6.00. The summed E-state index contributed by atoms with van der Waals surface area (Å²) in [7, 11) is 1.68. The third-order valence-electron chi connectivity index (χ3n) is 8.40. The molecule has 44 heavy (non-hydrogen) atoms. The monoisotopic (exact) mass is 602 g/mol. The number of carbonyl (C=O) groups excluding carboxylic acids is 2. The molecule has 5 rings (SSSR count). The van der Waals surface area contributed by atoms with E-state index in [0.29, 0.717) is 45.0 Å². The summed E-state index contributed by atoms with van der Waals surface area (Å²) in [5.74, 6) is -0.125. The molecular formula is C35H46N4O5. The Balaban J connectivity index is 1.47. The molecule has 2 heterocycles. The molecule has 2 aliphatic rings. The Hall–Kier alpha value is -3.69. The number of piperazine rings is 1. The fourth-order valence-electron chi connectivity index (χ4n) is 6.34. The third kappa shape index (κ3) is 7.68. The lowest BCUT2D eigenvalue weighted by molar-refractivity contribution is -0.0264. The van der Waals surface area contributed by atoms with Gasteiger partial charge in [-0.25, -0.2) is 9.78 Å². The molecule has 0 N–H and O–H groups in total. The summed E-state index contributed by atoms with van der Waals surface area (Å²) in [5, 5.41) is 0. The van der Waals surface area contributed by atoms with Crippen LogP contribution in [0.25, 0.3) is 11.3 Å². The first-order valence-electron chi connectivity index (χ1n) is 15.8. The summed E-state index contributed by atoms with van der Waals surface area (Å²) in [6.07, 6.45) is 6.21. The van der Waals surface area contributed by atoms with Gasteiger partial charge in [0.15, 0.2) is 5.69 Å². The Kier molecular flexibility index (Phi) is 10.4. The van der Waals surface area contributed by atoms with Crippen LogP contribution in [0.1, 0.15) is 68.5 Å². The fraction of sp³-hybridized carbons (Fsp3) is 0.514. The van der Waals surface area contributed by atoms with Crippen LogP contribution < -0.4 is 0 Å². The highest BCUT2D eigenvalue weighted by Crippen LogP contribution is 2.36. The summed E-state index contributed by atoms with van der Waals surface area (Å²) in [6, 6.07) is 20.0. The van der Waals surface area contributed by atoms with Crippen molar-refractivity contribution in [3.8, 4) is 11.3 Å². The molecule has 2 fully saturated rings. The zero-order valence-corrected chi connectivity index (χ0v) is 26.5. The quantitative estimate of drug-likeness (QED) is 0.279. The summed E-state index contributed by atoms with van der Waals surface area (Å²) in [5.41, 5.74) is 2.70. The maximum absolute atomic E-state index is 14.6. The first kappa shape index (κ1) is 31.7. The zero-order chi connectivity index (χ0) is 31.1. The van der Waals surface area contributed by atoms with Gasteiger partial charge in [-0.15, -0.1) is 0 Å². The molecule has 3 atom stereocenters. The van der Waals surface area contributed by atoms with Gasteiger partial charge in [-0.1, -0.05) is 73.5 Å². The van der Waals surface area contributed by atoms with Crippen LogP contribution >= 0.6 is 0 Å². The Bertz CT molecular complexity index is 1370. The van der Waals surface area contributed by atoms with Gasteiger partial charge in [0.25, 0.3) is 5.91 Å². The Morgan fingerprint density at radius 1 is 0.932 bits per heavy atom. The Labute approximate surface area is 261 Å². The van der Waals surface area contributed by atoms with Crippen molar-refractivity contribution in [3.63, 3.8) is 0 Å². The van der Waals surface area contributed by atoms with E-state index in [4.69, 9.17) is 19.2 Å². The minimum atomic E-state index is -0.597. The van der Waals surface area contributed by atoms with Crippen LogP contribution in [0.3, 0.4) is 0 Å². The maximum atomic E-state index is 14.6. The molecular weight excluding hydrogens is 556 g/mol. The van der Waals surface area contributed by atoms with Crippen molar-refractivity contribution in [1.29, 1.82) is 0 Å². The van der Waals surface area contributed by atoms with Crippen molar-refractivity contribution >= 4 is 12.0 Å². The van der Waals surface area contributed by atoms with Gasteiger partial charge in [0, 0.05) is 32.3 Å². The molecule has 1 aliphatic heterocycles. The molecule has 1 saturated heterocycles. The summed E-state index contributed by atoms with van der Waals surface area (Å²) in [4.78, 5) is 36.1. The number of methoxy groups -OCH3 is 1. The maximum Gasteiger partial charge on any atom is 0.410 e. The van der Waals surface area contributed by atoms with E-state index in [9.17, 15) is 9.59 Å². The van der Waals surface area contributed by atoms with Crippen LogP contribution in [0.4, 0.5) is 4.79 Å². The molecule has 1 saturated carbocycles. The summed E-state index contributed by atoms with van der Waals surface area (Å²) >= 11 is 0. The highest BCUT2D eigenvalue weighted by molar-refractivity contribution is 5.98. The number of aromatic nitrogens is 2. The van der Waals surface area contributed by atoms with E-state index < -0.39 is 5.60 Å². The van der Waals surface area contributed by atoms with Crippen molar-refractivity contribution in [2.45, 2.75) is 76.7 Å². The highest BCUT2D eigenvalue weighted by atomic mass is 16.6. The van der Waals surface area contributed by atoms with Gasteiger partial charge in [0.05, 0.1) is 43.4 Å². The van der Waals surface area contributed by atoms with Gasteiger partial charge in [0.2, 0.25) is 0 Å². The Morgan fingerprint density at radius 3 is 2.34 bits per heavy atom. The molecule has 1 aliphatic carbocycles. The van der Waals surface area contributed by atoms with Crippen molar-refractivity contribution < 1.29 is 23.8 Å². The minimum absolute atomic E-state index is 0.0155. The lowest BCUT2D eigenvalue weighted by Crippen LogP contribution is -2.58. The number of carbonyl (C=O) groups is 2. The number of amides is 2. The molecule has 1 aromatic heterocycles. The van der Waals surface area contributed by atoms with Crippen LogP contribution in [-0.2, 0) is 20.6 Å². The summed E-state index contributed by atoms with van der Waals surface area (Å²) in [6.45, 7) is 7.85. The molecule has 9 nitrogen and oxygen atoms in total. The normalized spacial score (nSPS) is 20.9. The lowest BCUT2D eigenvalue weighted by atomic mass is 9.91. The van der Waals surface area contributed by atoms with Crippen molar-refractivity contribution in [3.05, 3.63) is 78.2 Å². The molecule has 236 valence electrons. The van der Waals surface area contributed by atoms with Gasteiger partial charge in [0.1, 0.15) is 5.60 Å². The number of rotatable bonds is 9. The van der Waals surface area contributed by atoms with Crippen LogP contribution in [0.15, 0.2) is 67.0 Å². The largest absolute Gasteiger partial charge is 0.444 e. The predicted molar refractivity (Wildman–Crippen MR) is 170 cm³/mol. The zero-order valence-electron chi connectivity index (χ0n) is 26.5. The van der Waals surface area contributed by atoms with E-state index in [1.54, 1.807) is 12.0 Å². The molecule has 0 bridgehead atoms. The van der Waals surface area contributed by atoms with Crippen LogP contribution in [-0.4, -0.2) is 89.1 Å². The van der Waals surface area contributed by atoms with Gasteiger partial charge in [-0.3, -0.25) is 4.79 Å². The van der Waals surface area contributed by atoms with E-state index in [-0.39, 0.29) is 30.2 Å².